The minimum Gasteiger partial charge on any atom is -0.497 e. The van der Waals surface area contributed by atoms with Crippen molar-refractivity contribution < 1.29 is 38.0 Å². The number of pyridine rings is 1. The maximum Gasteiger partial charge on any atom is 0.424 e. The molecule has 0 radical (unpaired) electrons. The van der Waals surface area contributed by atoms with Crippen LogP contribution in [0.25, 0.3) is 43.6 Å². The Balaban J connectivity index is 1.22. The first-order valence-corrected chi connectivity index (χ1v) is 14.1. The molecule has 0 N–H and O–H groups in total. The van der Waals surface area contributed by atoms with Crippen molar-refractivity contribution in [2.45, 2.75) is 0 Å². The van der Waals surface area contributed by atoms with Gasteiger partial charge in [-0.25, -0.2) is 18.7 Å². The maximum absolute atomic E-state index is 13.6. The lowest BCUT2D eigenvalue weighted by atomic mass is 10.1. The summed E-state index contributed by atoms with van der Waals surface area (Å²) in [5, 5.41) is 3.14. The molecule has 0 aliphatic heterocycles. The second kappa shape index (κ2) is 11.4. The van der Waals surface area contributed by atoms with Crippen molar-refractivity contribution >= 4 is 55.8 Å². The Labute approximate surface area is 262 Å². The fourth-order valence-electron chi connectivity index (χ4n) is 5.67. The van der Waals surface area contributed by atoms with Gasteiger partial charge in [-0.1, -0.05) is 0 Å². The highest BCUT2D eigenvalue weighted by Gasteiger charge is 2.22. The minimum absolute atomic E-state index is 0.0871. The first kappa shape index (κ1) is 28.5. The number of carbonyl (C=O) groups is 2. The second-order valence-corrected chi connectivity index (χ2v) is 10.3. The predicted octanol–water partition coefficient (Wildman–Crippen LogP) is 7.43. The SMILES string of the molecule is COc1ccc2c(c1)c1cc(OC)ccc1n2C(=O)Oc1cncc(OC(=O)n2c3ccc(OC)cc3c3cc(OC)ccc32)c1. The molecule has 0 aliphatic carbocycles. The number of hydrogen-bond donors (Lipinski definition) is 0. The minimum atomic E-state index is -0.675. The molecule has 7 aromatic rings. The fraction of sp³-hybridized carbons (Fsp3) is 0.114. The molecule has 11 nitrogen and oxygen atoms in total. The molecule has 0 saturated carbocycles. The quantitative estimate of drug-likeness (QED) is 0.188. The lowest BCUT2D eigenvalue weighted by molar-refractivity contribution is 0.202. The zero-order valence-electron chi connectivity index (χ0n) is 25.3. The molecule has 230 valence electrons. The highest BCUT2D eigenvalue weighted by molar-refractivity contribution is 6.14. The van der Waals surface area contributed by atoms with Crippen LogP contribution in [-0.2, 0) is 0 Å². The number of nitrogens with zero attached hydrogens (tertiary/aromatic N) is 3. The van der Waals surface area contributed by atoms with Crippen molar-refractivity contribution in [3.05, 3.63) is 91.3 Å². The van der Waals surface area contributed by atoms with Crippen molar-refractivity contribution in [2.75, 3.05) is 28.4 Å². The van der Waals surface area contributed by atoms with E-state index >= 15 is 0 Å². The highest BCUT2D eigenvalue weighted by atomic mass is 16.6. The first-order valence-electron chi connectivity index (χ1n) is 14.1. The van der Waals surface area contributed by atoms with Gasteiger partial charge in [-0.3, -0.25) is 4.98 Å². The molecule has 11 heteroatoms. The molecular formula is C35H27N3O8. The molecule has 0 atom stereocenters. The summed E-state index contributed by atoms with van der Waals surface area (Å²) in [6, 6.07) is 23.1. The summed E-state index contributed by atoms with van der Waals surface area (Å²) in [5.74, 6) is 2.74. The highest BCUT2D eigenvalue weighted by Crippen LogP contribution is 2.36. The number of carbonyl (C=O) groups excluding carboxylic acids is 2. The van der Waals surface area contributed by atoms with Crippen LogP contribution in [0.4, 0.5) is 9.59 Å². The van der Waals surface area contributed by atoms with Crippen LogP contribution in [0.5, 0.6) is 34.5 Å². The molecule has 0 spiro atoms. The maximum atomic E-state index is 13.6. The van der Waals surface area contributed by atoms with Crippen molar-refractivity contribution in [3.8, 4) is 34.5 Å². The number of rotatable bonds is 6. The van der Waals surface area contributed by atoms with Crippen LogP contribution >= 0.6 is 0 Å². The van der Waals surface area contributed by atoms with Gasteiger partial charge in [0.25, 0.3) is 0 Å². The van der Waals surface area contributed by atoms with Crippen LogP contribution < -0.4 is 28.4 Å². The van der Waals surface area contributed by atoms with Gasteiger partial charge in [0.05, 0.1) is 62.9 Å². The van der Waals surface area contributed by atoms with Gasteiger partial charge in [-0.2, -0.15) is 0 Å². The van der Waals surface area contributed by atoms with Crippen LogP contribution in [0.1, 0.15) is 0 Å². The van der Waals surface area contributed by atoms with Gasteiger partial charge in [0.2, 0.25) is 0 Å². The summed E-state index contributed by atoms with van der Waals surface area (Å²) in [6.07, 6.45) is 1.39. The number of benzene rings is 4. The van der Waals surface area contributed by atoms with Crippen molar-refractivity contribution in [2.24, 2.45) is 0 Å². The van der Waals surface area contributed by atoms with Crippen molar-refractivity contribution in [3.63, 3.8) is 0 Å². The van der Waals surface area contributed by atoms with Crippen LogP contribution in [0.3, 0.4) is 0 Å². The van der Waals surface area contributed by atoms with Crippen LogP contribution in [-0.4, -0.2) is 54.7 Å². The lowest BCUT2D eigenvalue weighted by Crippen LogP contribution is -2.18. The largest absolute Gasteiger partial charge is 0.497 e. The number of fused-ring (bicyclic) bond motifs is 6. The van der Waals surface area contributed by atoms with Gasteiger partial charge in [0, 0.05) is 27.6 Å². The summed E-state index contributed by atoms with van der Waals surface area (Å²) in [7, 11) is 6.32. The summed E-state index contributed by atoms with van der Waals surface area (Å²) in [4.78, 5) is 31.5. The zero-order valence-corrected chi connectivity index (χ0v) is 25.3. The fourth-order valence-corrected chi connectivity index (χ4v) is 5.67. The van der Waals surface area contributed by atoms with Gasteiger partial charge in [-0.15, -0.1) is 0 Å². The van der Waals surface area contributed by atoms with Crippen LogP contribution in [0.15, 0.2) is 91.3 Å². The molecule has 3 heterocycles. The van der Waals surface area contributed by atoms with E-state index in [1.165, 1.54) is 27.6 Å². The zero-order chi connectivity index (χ0) is 31.9. The first-order chi connectivity index (χ1) is 22.4. The Morgan fingerprint density at radius 1 is 0.457 bits per heavy atom. The Morgan fingerprint density at radius 3 is 1.04 bits per heavy atom. The molecule has 0 amide bonds. The van der Waals surface area contributed by atoms with E-state index in [2.05, 4.69) is 4.98 Å². The van der Waals surface area contributed by atoms with Crippen LogP contribution in [0.2, 0.25) is 0 Å². The lowest BCUT2D eigenvalue weighted by Gasteiger charge is -2.10. The van der Waals surface area contributed by atoms with E-state index in [0.717, 1.165) is 21.5 Å². The van der Waals surface area contributed by atoms with E-state index in [1.54, 1.807) is 77.0 Å². The third kappa shape index (κ3) is 4.74. The summed E-state index contributed by atoms with van der Waals surface area (Å²) in [6.45, 7) is 0. The Kier molecular flexibility index (Phi) is 7.05. The normalized spacial score (nSPS) is 11.2. The van der Waals surface area contributed by atoms with Crippen LogP contribution in [0, 0.1) is 0 Å². The average Bonchev–Trinajstić information content (AvgIpc) is 3.59. The van der Waals surface area contributed by atoms with E-state index in [9.17, 15) is 9.59 Å². The standard InChI is InChI=1S/C35H27N3O8/c1-41-20-5-9-30-26(14-20)27-15-21(42-2)6-10-31(27)37(30)34(39)45-24-13-25(19-36-18-24)46-35(40)38-32-11-7-22(43-3)16-28(32)29-17-23(44-4)8-12-33(29)38/h5-19H,1-4H3. The van der Waals surface area contributed by atoms with Gasteiger partial charge in [0.1, 0.15) is 23.0 Å². The molecule has 0 bridgehead atoms. The van der Waals surface area contributed by atoms with Gasteiger partial charge in [0.15, 0.2) is 11.5 Å². The van der Waals surface area contributed by atoms with Gasteiger partial charge in [-0.05, 0) is 72.8 Å². The third-order valence-corrected chi connectivity index (χ3v) is 7.82. The number of ether oxygens (including phenoxy) is 6. The van der Waals surface area contributed by atoms with Gasteiger partial charge < -0.3 is 28.4 Å². The monoisotopic (exact) mass is 617 g/mol. The molecule has 0 saturated heterocycles. The molecule has 3 aromatic heterocycles. The smallest absolute Gasteiger partial charge is 0.424 e. The van der Waals surface area contributed by atoms with E-state index < -0.39 is 12.2 Å². The summed E-state index contributed by atoms with van der Waals surface area (Å²) in [5.41, 5.74) is 2.46. The van der Waals surface area contributed by atoms with E-state index in [4.69, 9.17) is 28.4 Å². The van der Waals surface area contributed by atoms with E-state index in [0.29, 0.717) is 45.1 Å². The number of hydrogen-bond acceptors (Lipinski definition) is 9. The Morgan fingerprint density at radius 2 is 0.761 bits per heavy atom. The van der Waals surface area contributed by atoms with E-state index in [-0.39, 0.29) is 11.5 Å². The average molecular weight is 618 g/mol. The summed E-state index contributed by atoms with van der Waals surface area (Å²) >= 11 is 0. The Bertz CT molecular complexity index is 2040. The summed E-state index contributed by atoms with van der Waals surface area (Å²) < 4.78 is 36.1. The van der Waals surface area contributed by atoms with Crippen molar-refractivity contribution in [1.82, 2.24) is 14.1 Å². The molecule has 0 unspecified atom stereocenters. The van der Waals surface area contributed by atoms with E-state index in [1.807, 2.05) is 24.3 Å². The number of methoxy groups -OCH3 is 4. The molecule has 46 heavy (non-hydrogen) atoms. The second-order valence-electron chi connectivity index (χ2n) is 10.3. The molecule has 4 aromatic carbocycles. The third-order valence-electron chi connectivity index (χ3n) is 7.82. The molecular weight excluding hydrogens is 590 g/mol. The molecule has 0 aliphatic rings. The molecule has 7 rings (SSSR count). The predicted molar refractivity (Wildman–Crippen MR) is 172 cm³/mol. The topological polar surface area (TPSA) is 112 Å². The van der Waals surface area contributed by atoms with Gasteiger partial charge >= 0.3 is 12.2 Å². The van der Waals surface area contributed by atoms with Crippen molar-refractivity contribution in [1.29, 1.82) is 0 Å². The number of aromatic nitrogens is 3. The Hall–Kier alpha value is -6.23. The molecule has 0 fully saturated rings.